The first-order valence-electron chi connectivity index (χ1n) is 6.37. The van der Waals surface area contributed by atoms with E-state index in [9.17, 15) is 18.0 Å². The van der Waals surface area contributed by atoms with E-state index in [-0.39, 0.29) is 16.4 Å². The van der Waals surface area contributed by atoms with Crippen molar-refractivity contribution in [2.75, 3.05) is 12.4 Å². The lowest BCUT2D eigenvalue weighted by molar-refractivity contribution is 0.0991. The summed E-state index contributed by atoms with van der Waals surface area (Å²) < 4.78 is 35.1. The number of nitrogens with one attached hydrogen (secondary N) is 3. The molecule has 0 unspecified atom stereocenters. The van der Waals surface area contributed by atoms with Crippen LogP contribution in [0.2, 0.25) is 0 Å². The molecule has 1 amide bonds. The van der Waals surface area contributed by atoms with E-state index in [0.717, 1.165) is 0 Å². The number of sulfonamides is 1. The van der Waals surface area contributed by atoms with Crippen LogP contribution < -0.4 is 15.8 Å². The highest BCUT2D eigenvalue weighted by Gasteiger charge is 2.19. The predicted molar refractivity (Wildman–Crippen MR) is 79.7 cm³/mol. The molecule has 3 N–H and O–H groups in total. The molecule has 23 heavy (non-hydrogen) atoms. The van der Waals surface area contributed by atoms with Gasteiger partial charge >= 0.3 is 5.76 Å². The second-order valence-electron chi connectivity index (χ2n) is 4.51. The maximum atomic E-state index is 12.1. The van der Waals surface area contributed by atoms with E-state index < -0.39 is 21.7 Å². The topological polar surface area (TPSA) is 134 Å². The average Bonchev–Trinajstić information content (AvgIpc) is 3.12. The van der Waals surface area contributed by atoms with Gasteiger partial charge < -0.3 is 14.2 Å². The summed E-state index contributed by atoms with van der Waals surface area (Å²) in [5, 5.41) is 2.15. The number of anilines is 1. The second kappa shape index (κ2) is 5.41. The van der Waals surface area contributed by atoms with Crippen molar-refractivity contribution in [2.24, 2.45) is 0 Å². The molecule has 0 fully saturated rings. The molecule has 0 atom stereocenters. The Morgan fingerprint density at radius 3 is 2.70 bits per heavy atom. The average molecular weight is 337 g/mol. The Balaban J connectivity index is 1.84. The molecule has 120 valence electrons. The molecule has 0 aliphatic carbocycles. The van der Waals surface area contributed by atoms with Crippen LogP contribution in [0.3, 0.4) is 0 Å². The van der Waals surface area contributed by atoms with Gasteiger partial charge in [0.2, 0.25) is 5.09 Å². The van der Waals surface area contributed by atoms with Gasteiger partial charge in [0.1, 0.15) is 0 Å². The largest absolute Gasteiger partial charge is 0.438 e. The molecule has 3 aromatic rings. The molecular weight excluding hydrogens is 326 g/mol. The van der Waals surface area contributed by atoms with Crippen molar-refractivity contribution in [3.63, 3.8) is 0 Å². The van der Waals surface area contributed by atoms with Crippen LogP contribution in [0, 0.1) is 0 Å². The smallest absolute Gasteiger partial charge is 0.417 e. The van der Waals surface area contributed by atoms with Crippen LogP contribution in [0.1, 0.15) is 10.6 Å². The predicted octanol–water partition coefficient (Wildman–Crippen LogP) is 0.875. The number of carbonyl (C=O) groups is 1. The van der Waals surface area contributed by atoms with E-state index >= 15 is 0 Å². The lowest BCUT2D eigenvalue weighted by Crippen LogP contribution is -2.18. The molecule has 2 aromatic heterocycles. The summed E-state index contributed by atoms with van der Waals surface area (Å²) >= 11 is 0. The molecule has 1 aromatic carbocycles. The van der Waals surface area contributed by atoms with Crippen molar-refractivity contribution in [3.8, 4) is 0 Å². The number of fused-ring (bicyclic) bond motifs is 1. The van der Waals surface area contributed by atoms with Gasteiger partial charge in [0.05, 0.1) is 5.52 Å². The Morgan fingerprint density at radius 2 is 1.96 bits per heavy atom. The van der Waals surface area contributed by atoms with E-state index in [0.29, 0.717) is 11.2 Å². The summed E-state index contributed by atoms with van der Waals surface area (Å²) in [7, 11) is -2.53. The van der Waals surface area contributed by atoms with Crippen molar-refractivity contribution < 1.29 is 22.0 Å². The molecule has 3 rings (SSSR count). The standard InChI is InChI=1S/C13H11N3O6S/c1-14-23(19,20)11-5-4-9(21-11)12(17)15-7-2-3-8-10(6-7)22-13(18)16-8/h2-6,14H,1H3,(H,15,17)(H,16,18). The monoisotopic (exact) mass is 337 g/mol. The minimum absolute atomic E-state index is 0.172. The highest BCUT2D eigenvalue weighted by Crippen LogP contribution is 2.19. The van der Waals surface area contributed by atoms with E-state index in [2.05, 4.69) is 15.0 Å². The number of benzene rings is 1. The van der Waals surface area contributed by atoms with Crippen molar-refractivity contribution in [3.05, 3.63) is 46.6 Å². The van der Waals surface area contributed by atoms with Gasteiger partial charge in [-0.05, 0) is 31.3 Å². The molecule has 0 aliphatic heterocycles. The number of hydrogen-bond acceptors (Lipinski definition) is 6. The van der Waals surface area contributed by atoms with Crippen LogP contribution in [0.5, 0.6) is 0 Å². The lowest BCUT2D eigenvalue weighted by atomic mass is 10.3. The number of amides is 1. The molecule has 2 heterocycles. The van der Waals surface area contributed by atoms with Crippen LogP contribution in [0.15, 0.2) is 49.1 Å². The molecule has 10 heteroatoms. The second-order valence-corrected chi connectivity index (χ2v) is 6.32. The Labute approximate surface area is 129 Å². The molecule has 0 bridgehead atoms. The van der Waals surface area contributed by atoms with Crippen LogP contribution in [0.4, 0.5) is 5.69 Å². The van der Waals surface area contributed by atoms with E-state index in [1.54, 1.807) is 12.1 Å². The van der Waals surface area contributed by atoms with Gasteiger partial charge in [0.15, 0.2) is 11.3 Å². The first kappa shape index (κ1) is 15.1. The third-order valence-corrected chi connectivity index (χ3v) is 4.30. The zero-order valence-electron chi connectivity index (χ0n) is 11.7. The Hall–Kier alpha value is -2.85. The summed E-state index contributed by atoms with van der Waals surface area (Å²) in [6.07, 6.45) is 0. The Morgan fingerprint density at radius 1 is 1.17 bits per heavy atom. The van der Waals surface area contributed by atoms with Gasteiger partial charge in [-0.1, -0.05) is 0 Å². The van der Waals surface area contributed by atoms with Gasteiger partial charge in [0.25, 0.3) is 15.9 Å². The van der Waals surface area contributed by atoms with Gasteiger partial charge in [-0.2, -0.15) is 0 Å². The first-order chi connectivity index (χ1) is 10.9. The van der Waals surface area contributed by atoms with Gasteiger partial charge in [-0.25, -0.2) is 17.9 Å². The fraction of sp³-hybridized carbons (Fsp3) is 0.0769. The molecule has 0 spiro atoms. The van der Waals surface area contributed by atoms with Gasteiger partial charge in [-0.15, -0.1) is 0 Å². The third-order valence-electron chi connectivity index (χ3n) is 3.02. The number of carbonyl (C=O) groups excluding carboxylic acids is 1. The molecule has 0 radical (unpaired) electrons. The fourth-order valence-corrected chi connectivity index (χ4v) is 2.55. The fourth-order valence-electron chi connectivity index (χ4n) is 1.90. The highest BCUT2D eigenvalue weighted by molar-refractivity contribution is 7.89. The van der Waals surface area contributed by atoms with Crippen LogP contribution in [-0.4, -0.2) is 26.4 Å². The lowest BCUT2D eigenvalue weighted by Gasteiger charge is -2.02. The van der Waals surface area contributed by atoms with Crippen LogP contribution >= 0.6 is 0 Å². The first-order valence-corrected chi connectivity index (χ1v) is 7.85. The van der Waals surface area contributed by atoms with Crippen LogP contribution in [-0.2, 0) is 10.0 Å². The summed E-state index contributed by atoms with van der Waals surface area (Å²) in [5.74, 6) is -1.41. The van der Waals surface area contributed by atoms with Gasteiger partial charge in [0, 0.05) is 11.8 Å². The van der Waals surface area contributed by atoms with Crippen molar-refractivity contribution in [1.82, 2.24) is 9.71 Å². The van der Waals surface area contributed by atoms with E-state index in [1.807, 2.05) is 0 Å². The number of H-pyrrole nitrogens is 1. The number of aromatic nitrogens is 1. The number of furan rings is 1. The number of aromatic amines is 1. The summed E-state index contributed by atoms with van der Waals surface area (Å²) in [6.45, 7) is 0. The van der Waals surface area contributed by atoms with Gasteiger partial charge in [-0.3, -0.25) is 9.78 Å². The Bertz CT molecular complexity index is 1040. The zero-order chi connectivity index (χ0) is 16.6. The Kier molecular flexibility index (Phi) is 3.54. The summed E-state index contributed by atoms with van der Waals surface area (Å²) in [5.41, 5.74) is 1.14. The minimum atomic E-state index is -3.76. The van der Waals surface area contributed by atoms with Crippen LogP contribution in [0.25, 0.3) is 11.1 Å². The number of hydrogen-bond donors (Lipinski definition) is 3. The third kappa shape index (κ3) is 2.89. The summed E-state index contributed by atoms with van der Waals surface area (Å²) in [4.78, 5) is 25.6. The molecule has 0 saturated heterocycles. The van der Waals surface area contributed by atoms with Crippen molar-refractivity contribution in [2.45, 2.75) is 5.09 Å². The quantitative estimate of drug-likeness (QED) is 0.647. The normalized spacial score (nSPS) is 11.7. The number of oxazole rings is 1. The molecule has 0 saturated carbocycles. The molecular formula is C13H11N3O6S. The van der Waals surface area contributed by atoms with E-state index in [1.165, 1.54) is 25.2 Å². The zero-order valence-corrected chi connectivity index (χ0v) is 12.6. The SMILES string of the molecule is CNS(=O)(=O)c1ccc(C(=O)Nc2ccc3[nH]c(=O)oc3c2)o1. The maximum absolute atomic E-state index is 12.1. The van der Waals surface area contributed by atoms with Crippen molar-refractivity contribution >= 4 is 32.7 Å². The molecule has 0 aliphatic rings. The highest BCUT2D eigenvalue weighted by atomic mass is 32.2. The van der Waals surface area contributed by atoms with E-state index in [4.69, 9.17) is 8.83 Å². The maximum Gasteiger partial charge on any atom is 0.417 e. The molecule has 9 nitrogen and oxygen atoms in total. The summed E-state index contributed by atoms with van der Waals surface area (Å²) in [6, 6.07) is 7.00. The number of rotatable bonds is 4. The van der Waals surface area contributed by atoms with Crippen molar-refractivity contribution in [1.29, 1.82) is 0 Å². The minimum Gasteiger partial charge on any atom is -0.438 e.